The number of nitrogens with zero attached hydrogens (tertiary/aromatic N) is 2. The van der Waals surface area contributed by atoms with E-state index in [9.17, 15) is 13.2 Å². The van der Waals surface area contributed by atoms with Crippen LogP contribution in [0.4, 0.5) is 18.9 Å². The summed E-state index contributed by atoms with van der Waals surface area (Å²) in [6, 6.07) is 6.58. The molecule has 2 rings (SSSR count). The summed E-state index contributed by atoms with van der Waals surface area (Å²) in [5.74, 6) is -0.0252. The number of anilines is 1. The summed E-state index contributed by atoms with van der Waals surface area (Å²) >= 11 is 0. The standard InChI is InChI=1S/C13H13F3N2O/c14-13(15,16)9-19-12-4-3-11(7-10(12)8-17)18-5-1-2-6-18/h3-4,7H,1-2,5-6,9H2. The molecule has 1 aliphatic rings. The fourth-order valence-electron chi connectivity index (χ4n) is 2.06. The van der Waals surface area contributed by atoms with Crippen molar-refractivity contribution in [2.24, 2.45) is 0 Å². The zero-order valence-corrected chi connectivity index (χ0v) is 10.2. The molecule has 1 saturated heterocycles. The van der Waals surface area contributed by atoms with Crippen LogP contribution in [0.5, 0.6) is 5.75 Å². The third kappa shape index (κ3) is 3.53. The topological polar surface area (TPSA) is 36.3 Å². The van der Waals surface area contributed by atoms with Gasteiger partial charge in [-0.2, -0.15) is 18.4 Å². The summed E-state index contributed by atoms with van der Waals surface area (Å²) in [6.07, 6.45) is -2.22. The molecule has 0 atom stereocenters. The second kappa shape index (κ2) is 5.39. The third-order valence-electron chi connectivity index (χ3n) is 2.95. The molecule has 0 unspecified atom stereocenters. The molecule has 1 aromatic carbocycles. The third-order valence-corrected chi connectivity index (χ3v) is 2.95. The summed E-state index contributed by atoms with van der Waals surface area (Å²) in [5, 5.41) is 8.99. The quantitative estimate of drug-likeness (QED) is 0.846. The zero-order valence-electron chi connectivity index (χ0n) is 10.2. The van der Waals surface area contributed by atoms with Gasteiger partial charge in [-0.1, -0.05) is 0 Å². The van der Waals surface area contributed by atoms with Crippen molar-refractivity contribution >= 4 is 5.69 Å². The molecule has 0 bridgehead atoms. The molecule has 6 heteroatoms. The van der Waals surface area contributed by atoms with Gasteiger partial charge in [0, 0.05) is 18.8 Å². The molecular formula is C13H13F3N2O. The van der Waals surface area contributed by atoms with Gasteiger partial charge in [0.1, 0.15) is 11.8 Å². The number of ether oxygens (including phenoxy) is 1. The predicted molar refractivity (Wildman–Crippen MR) is 64.2 cm³/mol. The van der Waals surface area contributed by atoms with Crippen molar-refractivity contribution in [2.45, 2.75) is 19.0 Å². The summed E-state index contributed by atoms with van der Waals surface area (Å²) in [4.78, 5) is 2.11. The van der Waals surface area contributed by atoms with Crippen molar-refractivity contribution in [2.75, 3.05) is 24.6 Å². The van der Waals surface area contributed by atoms with Crippen LogP contribution in [0.3, 0.4) is 0 Å². The van der Waals surface area contributed by atoms with E-state index in [0.717, 1.165) is 31.6 Å². The Balaban J connectivity index is 2.15. The van der Waals surface area contributed by atoms with E-state index in [2.05, 4.69) is 9.64 Å². The van der Waals surface area contributed by atoms with Gasteiger partial charge in [-0.05, 0) is 31.0 Å². The van der Waals surface area contributed by atoms with Crippen molar-refractivity contribution in [1.29, 1.82) is 5.26 Å². The molecule has 0 amide bonds. The van der Waals surface area contributed by atoms with Gasteiger partial charge in [0.05, 0.1) is 5.56 Å². The molecule has 3 nitrogen and oxygen atoms in total. The van der Waals surface area contributed by atoms with E-state index in [1.165, 1.54) is 6.07 Å². The average molecular weight is 270 g/mol. The normalized spacial score (nSPS) is 15.4. The Morgan fingerprint density at radius 1 is 1.26 bits per heavy atom. The Morgan fingerprint density at radius 3 is 2.53 bits per heavy atom. The molecule has 1 heterocycles. The first kappa shape index (κ1) is 13.5. The largest absolute Gasteiger partial charge is 0.483 e. The highest BCUT2D eigenvalue weighted by atomic mass is 19.4. The number of rotatable bonds is 3. The molecule has 1 fully saturated rings. The molecule has 102 valence electrons. The highest BCUT2D eigenvalue weighted by molar-refractivity contribution is 5.57. The lowest BCUT2D eigenvalue weighted by molar-refractivity contribution is -0.153. The number of hydrogen-bond donors (Lipinski definition) is 0. The minimum Gasteiger partial charge on any atom is -0.483 e. The lowest BCUT2D eigenvalue weighted by Crippen LogP contribution is -2.20. The molecule has 0 N–H and O–H groups in total. The highest BCUT2D eigenvalue weighted by Gasteiger charge is 2.29. The molecular weight excluding hydrogens is 257 g/mol. The first-order valence-electron chi connectivity index (χ1n) is 5.98. The van der Waals surface area contributed by atoms with E-state index in [1.807, 2.05) is 6.07 Å². The van der Waals surface area contributed by atoms with E-state index < -0.39 is 12.8 Å². The molecule has 0 spiro atoms. The first-order chi connectivity index (χ1) is 8.99. The summed E-state index contributed by atoms with van der Waals surface area (Å²) in [5.41, 5.74) is 0.988. The Morgan fingerprint density at radius 2 is 1.95 bits per heavy atom. The minimum absolute atomic E-state index is 0.0252. The average Bonchev–Trinajstić information content (AvgIpc) is 2.89. The molecule has 0 radical (unpaired) electrons. The second-order valence-corrected chi connectivity index (χ2v) is 4.39. The van der Waals surface area contributed by atoms with Gasteiger partial charge < -0.3 is 9.64 Å². The highest BCUT2D eigenvalue weighted by Crippen LogP contribution is 2.28. The van der Waals surface area contributed by atoms with E-state index in [-0.39, 0.29) is 11.3 Å². The van der Waals surface area contributed by atoms with Gasteiger partial charge in [-0.25, -0.2) is 0 Å². The molecule has 19 heavy (non-hydrogen) atoms. The number of nitriles is 1. The Hall–Kier alpha value is -1.90. The van der Waals surface area contributed by atoms with Crippen molar-refractivity contribution in [3.05, 3.63) is 23.8 Å². The second-order valence-electron chi connectivity index (χ2n) is 4.39. The summed E-state index contributed by atoms with van der Waals surface area (Å²) < 4.78 is 40.9. The van der Waals surface area contributed by atoms with Crippen LogP contribution in [0.25, 0.3) is 0 Å². The lowest BCUT2D eigenvalue weighted by atomic mass is 10.2. The monoisotopic (exact) mass is 270 g/mol. The molecule has 1 aromatic rings. The van der Waals surface area contributed by atoms with E-state index in [4.69, 9.17) is 5.26 Å². The fourth-order valence-corrected chi connectivity index (χ4v) is 2.06. The van der Waals surface area contributed by atoms with Crippen LogP contribution in [0.1, 0.15) is 18.4 Å². The maximum atomic E-state index is 12.1. The fraction of sp³-hybridized carbons (Fsp3) is 0.462. The van der Waals surface area contributed by atoms with Crippen LogP contribution in [0, 0.1) is 11.3 Å². The van der Waals surface area contributed by atoms with Crippen molar-refractivity contribution in [3.63, 3.8) is 0 Å². The van der Waals surface area contributed by atoms with E-state index >= 15 is 0 Å². The molecule has 1 aliphatic heterocycles. The maximum absolute atomic E-state index is 12.1. The SMILES string of the molecule is N#Cc1cc(N2CCCC2)ccc1OCC(F)(F)F. The van der Waals surface area contributed by atoms with Crippen LogP contribution in [-0.4, -0.2) is 25.9 Å². The molecule has 0 aromatic heterocycles. The lowest BCUT2D eigenvalue weighted by Gasteiger charge is -2.18. The minimum atomic E-state index is -4.40. The first-order valence-corrected chi connectivity index (χ1v) is 5.98. The summed E-state index contributed by atoms with van der Waals surface area (Å²) in [6.45, 7) is 0.436. The maximum Gasteiger partial charge on any atom is 0.422 e. The van der Waals surface area contributed by atoms with Crippen molar-refractivity contribution < 1.29 is 17.9 Å². The van der Waals surface area contributed by atoms with Crippen LogP contribution in [0.15, 0.2) is 18.2 Å². The summed E-state index contributed by atoms with van der Waals surface area (Å²) in [7, 11) is 0. The van der Waals surface area contributed by atoms with E-state index in [1.54, 1.807) is 12.1 Å². The Labute approximate surface area is 109 Å². The number of halogens is 3. The van der Waals surface area contributed by atoms with Crippen molar-refractivity contribution in [3.8, 4) is 11.8 Å². The number of benzene rings is 1. The van der Waals surface area contributed by atoms with Gasteiger partial charge >= 0.3 is 6.18 Å². The van der Waals surface area contributed by atoms with Gasteiger partial charge in [0.15, 0.2) is 6.61 Å². The smallest absolute Gasteiger partial charge is 0.422 e. The van der Waals surface area contributed by atoms with E-state index in [0.29, 0.717) is 0 Å². The zero-order chi connectivity index (χ0) is 13.9. The van der Waals surface area contributed by atoms with Gasteiger partial charge in [0.2, 0.25) is 0 Å². The molecule has 0 aliphatic carbocycles. The van der Waals surface area contributed by atoms with Crippen LogP contribution in [0.2, 0.25) is 0 Å². The van der Waals surface area contributed by atoms with Gasteiger partial charge in [0.25, 0.3) is 0 Å². The Bertz CT molecular complexity index is 488. The number of hydrogen-bond acceptors (Lipinski definition) is 3. The van der Waals surface area contributed by atoms with Gasteiger partial charge in [-0.15, -0.1) is 0 Å². The van der Waals surface area contributed by atoms with Crippen LogP contribution >= 0.6 is 0 Å². The van der Waals surface area contributed by atoms with Gasteiger partial charge in [-0.3, -0.25) is 0 Å². The number of alkyl halides is 3. The van der Waals surface area contributed by atoms with Crippen molar-refractivity contribution in [1.82, 2.24) is 0 Å². The van der Waals surface area contributed by atoms with Crippen LogP contribution in [-0.2, 0) is 0 Å². The Kier molecular flexibility index (Phi) is 3.84. The predicted octanol–water partition coefficient (Wildman–Crippen LogP) is 3.10. The molecule has 0 saturated carbocycles. The van der Waals surface area contributed by atoms with Crippen LogP contribution < -0.4 is 9.64 Å².